The predicted molar refractivity (Wildman–Crippen MR) is 167 cm³/mol. The Kier molecular flexibility index (Phi) is 7.54. The number of nitrogens with zero attached hydrogens (tertiary/aromatic N) is 3. The summed E-state index contributed by atoms with van der Waals surface area (Å²) in [5, 5.41) is 7.33. The standard InChI is InChI=1S/C31H35BFN5O5S/c1-30(2)31(3,4)43-32(42-30)23-11-8-19(15-24(23)33)12-14-44(40,41)37-25-18-38-26(16-22(25)20-9-10-20)27(29(39)34-5)28(36-38)21-7-6-13-35-17-21/h6-8,11,13,15-18,20,37H,9-10,12,14H2,1-5H3,(H,34,39). The van der Waals surface area contributed by atoms with Gasteiger partial charge in [0.15, 0.2) is 0 Å². The summed E-state index contributed by atoms with van der Waals surface area (Å²) < 4.78 is 58.0. The molecule has 0 radical (unpaired) electrons. The van der Waals surface area contributed by atoms with Gasteiger partial charge in [0.05, 0.1) is 39.9 Å². The highest BCUT2D eigenvalue weighted by Crippen LogP contribution is 2.45. The van der Waals surface area contributed by atoms with E-state index in [4.69, 9.17) is 9.31 Å². The van der Waals surface area contributed by atoms with Crippen LogP contribution >= 0.6 is 0 Å². The Morgan fingerprint density at radius 2 is 1.86 bits per heavy atom. The van der Waals surface area contributed by atoms with Crippen molar-refractivity contribution in [1.82, 2.24) is 19.9 Å². The van der Waals surface area contributed by atoms with Crippen LogP contribution in [-0.2, 0) is 25.8 Å². The van der Waals surface area contributed by atoms with Crippen LogP contribution in [0.15, 0.2) is 55.0 Å². The largest absolute Gasteiger partial charge is 0.497 e. The van der Waals surface area contributed by atoms with Gasteiger partial charge in [-0.1, -0.05) is 12.1 Å². The summed E-state index contributed by atoms with van der Waals surface area (Å²) in [6, 6.07) is 10.0. The molecule has 44 heavy (non-hydrogen) atoms. The minimum atomic E-state index is -3.83. The number of rotatable bonds is 9. The highest BCUT2D eigenvalue weighted by molar-refractivity contribution is 7.92. The number of amides is 1. The van der Waals surface area contributed by atoms with E-state index < -0.39 is 34.2 Å². The minimum absolute atomic E-state index is 0.102. The molecule has 0 atom stereocenters. The summed E-state index contributed by atoms with van der Waals surface area (Å²) >= 11 is 0. The lowest BCUT2D eigenvalue weighted by Gasteiger charge is -2.32. The van der Waals surface area contributed by atoms with Crippen molar-refractivity contribution in [2.45, 2.75) is 64.1 Å². The Labute approximate surface area is 256 Å². The van der Waals surface area contributed by atoms with Gasteiger partial charge in [-0.05, 0) is 88.3 Å². The zero-order valence-electron chi connectivity index (χ0n) is 25.3. The fourth-order valence-electron chi connectivity index (χ4n) is 5.34. The number of carbonyl (C=O) groups excluding carboxylic acids is 1. The molecule has 2 N–H and O–H groups in total. The Hall–Kier alpha value is -3.81. The van der Waals surface area contributed by atoms with Crippen molar-refractivity contribution in [3.05, 3.63) is 77.5 Å². The molecule has 1 aliphatic carbocycles. The molecule has 1 aliphatic heterocycles. The summed E-state index contributed by atoms with van der Waals surface area (Å²) in [5.41, 5.74) is 2.90. The molecule has 6 rings (SSSR count). The molecule has 2 fully saturated rings. The van der Waals surface area contributed by atoms with Crippen LogP contribution in [0.2, 0.25) is 0 Å². The molecule has 1 aromatic carbocycles. The first-order valence-electron chi connectivity index (χ1n) is 14.6. The van der Waals surface area contributed by atoms with Crippen LogP contribution in [0, 0.1) is 5.82 Å². The number of aromatic nitrogens is 3. The summed E-state index contributed by atoms with van der Waals surface area (Å²) in [4.78, 5) is 17.1. The summed E-state index contributed by atoms with van der Waals surface area (Å²) in [5.74, 6) is -0.898. The second kappa shape index (κ2) is 11.0. The number of pyridine rings is 2. The zero-order valence-corrected chi connectivity index (χ0v) is 26.2. The van der Waals surface area contributed by atoms with E-state index in [2.05, 4.69) is 20.1 Å². The molecule has 10 nitrogen and oxygen atoms in total. The Morgan fingerprint density at radius 1 is 1.14 bits per heavy atom. The average Bonchev–Trinajstić information content (AvgIpc) is 3.70. The van der Waals surface area contributed by atoms with Crippen molar-refractivity contribution in [3.8, 4) is 11.3 Å². The van der Waals surface area contributed by atoms with Crippen LogP contribution < -0.4 is 15.5 Å². The van der Waals surface area contributed by atoms with Gasteiger partial charge < -0.3 is 14.6 Å². The van der Waals surface area contributed by atoms with Gasteiger partial charge in [-0.15, -0.1) is 0 Å². The molecule has 1 saturated carbocycles. The number of nitrogens with one attached hydrogen (secondary N) is 2. The molecule has 0 unspecified atom stereocenters. The number of hydrogen-bond donors (Lipinski definition) is 2. The van der Waals surface area contributed by atoms with Crippen molar-refractivity contribution in [2.24, 2.45) is 0 Å². The molecule has 0 bridgehead atoms. The number of anilines is 1. The van der Waals surface area contributed by atoms with E-state index in [1.54, 1.807) is 43.8 Å². The molecule has 230 valence electrons. The van der Waals surface area contributed by atoms with Gasteiger partial charge in [-0.25, -0.2) is 17.3 Å². The van der Waals surface area contributed by atoms with E-state index in [9.17, 15) is 13.2 Å². The highest BCUT2D eigenvalue weighted by atomic mass is 32.2. The highest BCUT2D eigenvalue weighted by Gasteiger charge is 2.52. The smallest absolute Gasteiger partial charge is 0.399 e. The molecule has 1 saturated heterocycles. The lowest BCUT2D eigenvalue weighted by Crippen LogP contribution is -2.41. The van der Waals surface area contributed by atoms with Gasteiger partial charge in [0.2, 0.25) is 10.0 Å². The first kappa shape index (κ1) is 30.2. The number of aryl methyl sites for hydroxylation is 1. The van der Waals surface area contributed by atoms with Crippen LogP contribution in [0.3, 0.4) is 0 Å². The second-order valence-electron chi connectivity index (χ2n) is 12.4. The summed E-state index contributed by atoms with van der Waals surface area (Å²) in [6.45, 7) is 7.60. The van der Waals surface area contributed by atoms with Gasteiger partial charge in [0.25, 0.3) is 5.91 Å². The molecule has 1 amide bonds. The van der Waals surface area contributed by atoms with Crippen molar-refractivity contribution in [3.63, 3.8) is 0 Å². The number of carbonyl (C=O) groups is 1. The number of benzene rings is 1. The zero-order chi connectivity index (χ0) is 31.4. The Bertz CT molecular complexity index is 1840. The van der Waals surface area contributed by atoms with Crippen molar-refractivity contribution in [2.75, 3.05) is 17.5 Å². The maximum atomic E-state index is 15.1. The Balaban J connectivity index is 1.24. The fourth-order valence-corrected chi connectivity index (χ4v) is 6.45. The van der Waals surface area contributed by atoms with Crippen LogP contribution in [0.4, 0.5) is 10.1 Å². The van der Waals surface area contributed by atoms with E-state index in [0.29, 0.717) is 33.6 Å². The lowest BCUT2D eigenvalue weighted by atomic mass is 9.78. The maximum Gasteiger partial charge on any atom is 0.497 e. The minimum Gasteiger partial charge on any atom is -0.399 e. The molecule has 2 aliphatic rings. The quantitative estimate of drug-likeness (QED) is 0.271. The van der Waals surface area contributed by atoms with E-state index in [-0.39, 0.29) is 29.5 Å². The molecule has 13 heteroatoms. The number of halogens is 1. The first-order chi connectivity index (χ1) is 20.8. The monoisotopic (exact) mass is 619 g/mol. The molecule has 4 heterocycles. The topological polar surface area (TPSA) is 124 Å². The van der Waals surface area contributed by atoms with Crippen LogP contribution in [-0.4, -0.2) is 60.0 Å². The third-order valence-corrected chi connectivity index (χ3v) is 9.98. The van der Waals surface area contributed by atoms with Crippen molar-refractivity contribution < 1.29 is 26.9 Å². The van der Waals surface area contributed by atoms with E-state index in [0.717, 1.165) is 18.4 Å². The van der Waals surface area contributed by atoms with Crippen LogP contribution in [0.1, 0.15) is 67.9 Å². The van der Waals surface area contributed by atoms with E-state index >= 15 is 4.39 Å². The van der Waals surface area contributed by atoms with Gasteiger partial charge >= 0.3 is 7.12 Å². The number of hydrogen-bond acceptors (Lipinski definition) is 7. The average molecular weight is 620 g/mol. The molecule has 3 aromatic heterocycles. The molecule has 0 spiro atoms. The summed E-state index contributed by atoms with van der Waals surface area (Å²) in [6.07, 6.45) is 6.82. The summed E-state index contributed by atoms with van der Waals surface area (Å²) in [7, 11) is -3.12. The fraction of sp³-hybridized carbons (Fsp3) is 0.387. The molecular weight excluding hydrogens is 584 g/mol. The van der Waals surface area contributed by atoms with Gasteiger partial charge in [0, 0.05) is 30.5 Å². The third kappa shape index (κ3) is 5.71. The maximum absolute atomic E-state index is 15.1. The van der Waals surface area contributed by atoms with Gasteiger partial charge in [0.1, 0.15) is 11.5 Å². The normalized spacial score (nSPS) is 17.6. The van der Waals surface area contributed by atoms with Gasteiger partial charge in [-0.2, -0.15) is 5.10 Å². The molecular formula is C31H35BFN5O5S. The second-order valence-corrected chi connectivity index (χ2v) is 14.2. The lowest BCUT2D eigenvalue weighted by molar-refractivity contribution is 0.00578. The third-order valence-electron chi connectivity index (χ3n) is 8.71. The van der Waals surface area contributed by atoms with E-state index in [1.165, 1.54) is 10.6 Å². The number of sulfonamides is 1. The predicted octanol–water partition coefficient (Wildman–Crippen LogP) is 4.06. The first-order valence-corrected chi connectivity index (χ1v) is 16.3. The van der Waals surface area contributed by atoms with Gasteiger partial charge in [-0.3, -0.25) is 14.5 Å². The number of fused-ring (bicyclic) bond motifs is 1. The van der Waals surface area contributed by atoms with E-state index in [1.807, 2.05) is 39.8 Å². The SMILES string of the molecule is CNC(=O)c1c(-c2cccnc2)nn2cc(NS(=O)(=O)CCc3ccc(B4OC(C)(C)C(C)(C)O4)c(F)c3)c(C3CC3)cc12. The van der Waals surface area contributed by atoms with Crippen LogP contribution in [0.5, 0.6) is 0 Å². The molecule has 4 aromatic rings. The Morgan fingerprint density at radius 3 is 2.48 bits per heavy atom. The van der Waals surface area contributed by atoms with Crippen molar-refractivity contribution in [1.29, 1.82) is 0 Å². The van der Waals surface area contributed by atoms with Crippen molar-refractivity contribution >= 4 is 39.7 Å². The van der Waals surface area contributed by atoms with Crippen LogP contribution in [0.25, 0.3) is 16.8 Å².